The predicted octanol–water partition coefficient (Wildman–Crippen LogP) is 2.08. The van der Waals surface area contributed by atoms with Gasteiger partial charge in [-0.15, -0.1) is 0 Å². The molecule has 1 aromatic heterocycles. The van der Waals surface area contributed by atoms with Crippen LogP contribution in [-0.4, -0.2) is 27.4 Å². The van der Waals surface area contributed by atoms with Crippen molar-refractivity contribution in [3.63, 3.8) is 0 Å². The van der Waals surface area contributed by atoms with Gasteiger partial charge in [-0.05, 0) is 20.8 Å². The first kappa shape index (κ1) is 14.2. The number of hydrogen-bond acceptors (Lipinski definition) is 4. The summed E-state index contributed by atoms with van der Waals surface area (Å²) in [4.78, 5) is 3.80. The summed E-state index contributed by atoms with van der Waals surface area (Å²) in [6.07, 6.45) is -0.912. The van der Waals surface area contributed by atoms with E-state index in [0.717, 1.165) is 6.07 Å². The molecule has 6 heteroatoms. The summed E-state index contributed by atoms with van der Waals surface area (Å²) in [6.45, 7) is 4.39. The fourth-order valence-electron chi connectivity index (χ4n) is 1.08. The number of aliphatic hydroxyl groups excluding tert-OH is 1. The molecule has 96 valence electrons. The lowest BCUT2D eigenvalue weighted by Crippen LogP contribution is -2.28. The highest BCUT2D eigenvalue weighted by Crippen LogP contribution is 2.28. The molecule has 0 spiro atoms. The van der Waals surface area contributed by atoms with Crippen molar-refractivity contribution in [2.24, 2.45) is 0 Å². The van der Waals surface area contributed by atoms with Crippen LogP contribution in [0.25, 0.3) is 0 Å². The molecule has 0 radical (unpaired) electrons. The number of nitrogens with zero attached hydrogens (tertiary/aromatic N) is 1. The molecule has 0 fully saturated rings. The van der Waals surface area contributed by atoms with E-state index in [9.17, 15) is 14.6 Å². The Kier molecular flexibility index (Phi) is 4.30. The molecule has 1 unspecified atom stereocenters. The number of ether oxygens (including phenoxy) is 1. The lowest BCUT2D eigenvalue weighted by atomic mass is 10.2. The Labute approximate surface area is 104 Å². The number of halogens is 2. The average molecular weight is 264 g/mol. The number of pyridine rings is 1. The fourth-order valence-corrected chi connectivity index (χ4v) is 1.32. The number of aromatic nitrogens is 1. The minimum atomic E-state index is -1.10. The third-order valence-corrected chi connectivity index (χ3v) is 2.16. The minimum absolute atomic E-state index is 0.112. The monoisotopic (exact) mass is 263 g/mol. The third kappa shape index (κ3) is 4.11. The van der Waals surface area contributed by atoms with Gasteiger partial charge in [0.2, 0.25) is 0 Å². The smallest absolute Gasteiger partial charge is 0.192 e. The van der Waals surface area contributed by atoms with Crippen LogP contribution < -0.4 is 4.74 Å². The zero-order valence-electron chi connectivity index (χ0n) is 9.87. The third-order valence-electron chi connectivity index (χ3n) is 1.90. The summed E-state index contributed by atoms with van der Waals surface area (Å²) < 4.78 is 18.7. The Balaban J connectivity index is 2.94. The van der Waals surface area contributed by atoms with Crippen molar-refractivity contribution in [2.75, 3.05) is 6.61 Å². The molecule has 0 aliphatic rings. The first-order valence-corrected chi connectivity index (χ1v) is 5.47. The largest absolute Gasteiger partial charge is 0.484 e. The van der Waals surface area contributed by atoms with Crippen molar-refractivity contribution in [3.8, 4) is 5.75 Å². The summed E-state index contributed by atoms with van der Waals surface area (Å²) in [5.41, 5.74) is -0.971. The maximum atomic E-state index is 13.6. The van der Waals surface area contributed by atoms with E-state index < -0.39 is 17.5 Å². The number of hydrogen-bond donors (Lipinski definition) is 2. The van der Waals surface area contributed by atoms with E-state index in [0.29, 0.717) is 0 Å². The van der Waals surface area contributed by atoms with Gasteiger partial charge in [0.1, 0.15) is 6.61 Å². The molecule has 0 aromatic carbocycles. The zero-order valence-corrected chi connectivity index (χ0v) is 10.6. The SMILES string of the molecule is CC(O)c1cc(F)c(OCC(C)(C)O)c(Cl)n1. The summed E-state index contributed by atoms with van der Waals surface area (Å²) >= 11 is 5.74. The first-order valence-electron chi connectivity index (χ1n) is 5.10. The molecule has 1 aromatic rings. The maximum absolute atomic E-state index is 13.6. The van der Waals surface area contributed by atoms with Crippen LogP contribution in [-0.2, 0) is 0 Å². The summed E-state index contributed by atoms with van der Waals surface area (Å²) in [7, 11) is 0. The van der Waals surface area contributed by atoms with Crippen LogP contribution in [0.1, 0.15) is 32.6 Å². The van der Waals surface area contributed by atoms with E-state index in [1.807, 2.05) is 0 Å². The van der Waals surface area contributed by atoms with Gasteiger partial charge in [-0.3, -0.25) is 0 Å². The van der Waals surface area contributed by atoms with E-state index in [1.165, 1.54) is 20.8 Å². The van der Waals surface area contributed by atoms with Gasteiger partial charge in [0.05, 0.1) is 17.4 Å². The zero-order chi connectivity index (χ0) is 13.2. The Morgan fingerprint density at radius 3 is 2.59 bits per heavy atom. The molecule has 1 rings (SSSR count). The Morgan fingerprint density at radius 2 is 2.18 bits per heavy atom. The second-order valence-electron chi connectivity index (χ2n) is 4.43. The van der Waals surface area contributed by atoms with Gasteiger partial charge in [-0.2, -0.15) is 0 Å². The topological polar surface area (TPSA) is 62.6 Å². The van der Waals surface area contributed by atoms with Crippen molar-refractivity contribution < 1.29 is 19.3 Å². The van der Waals surface area contributed by atoms with Gasteiger partial charge in [0.15, 0.2) is 16.7 Å². The molecule has 0 aliphatic carbocycles. The summed E-state index contributed by atoms with van der Waals surface area (Å²) in [5.74, 6) is -0.941. The van der Waals surface area contributed by atoms with Crippen LogP contribution in [0.5, 0.6) is 5.75 Å². The molecule has 4 nitrogen and oxygen atoms in total. The Morgan fingerprint density at radius 1 is 1.59 bits per heavy atom. The van der Waals surface area contributed by atoms with Gasteiger partial charge in [-0.1, -0.05) is 11.6 Å². The normalized spacial score (nSPS) is 13.6. The van der Waals surface area contributed by atoms with Crippen LogP contribution in [0.3, 0.4) is 0 Å². The average Bonchev–Trinajstić information content (AvgIpc) is 2.14. The Bertz CT molecular complexity index is 381. The summed E-state index contributed by atoms with van der Waals surface area (Å²) in [6, 6.07) is 1.05. The van der Waals surface area contributed by atoms with Gasteiger partial charge < -0.3 is 14.9 Å². The molecule has 1 atom stereocenters. The molecule has 1 heterocycles. The van der Waals surface area contributed by atoms with Crippen molar-refractivity contribution in [1.29, 1.82) is 0 Å². The minimum Gasteiger partial charge on any atom is -0.484 e. The molecular weight excluding hydrogens is 249 g/mol. The molecule has 0 bridgehead atoms. The molecule has 0 saturated carbocycles. The van der Waals surface area contributed by atoms with Gasteiger partial charge >= 0.3 is 0 Å². The van der Waals surface area contributed by atoms with Gasteiger partial charge in [-0.25, -0.2) is 9.37 Å². The highest BCUT2D eigenvalue weighted by molar-refractivity contribution is 6.30. The predicted molar refractivity (Wildman–Crippen MR) is 61.6 cm³/mol. The second-order valence-corrected chi connectivity index (χ2v) is 4.78. The highest BCUT2D eigenvalue weighted by atomic mass is 35.5. The summed E-state index contributed by atoms with van der Waals surface area (Å²) in [5, 5.41) is 18.5. The van der Waals surface area contributed by atoms with E-state index in [4.69, 9.17) is 16.3 Å². The maximum Gasteiger partial charge on any atom is 0.192 e. The van der Waals surface area contributed by atoms with Crippen molar-refractivity contribution in [1.82, 2.24) is 4.98 Å². The molecule has 17 heavy (non-hydrogen) atoms. The quantitative estimate of drug-likeness (QED) is 0.817. The van der Waals surface area contributed by atoms with Crippen LogP contribution in [0.15, 0.2) is 6.07 Å². The second kappa shape index (κ2) is 5.16. The van der Waals surface area contributed by atoms with Crippen molar-refractivity contribution >= 4 is 11.6 Å². The van der Waals surface area contributed by atoms with E-state index >= 15 is 0 Å². The molecule has 2 N–H and O–H groups in total. The van der Waals surface area contributed by atoms with Crippen molar-refractivity contribution in [3.05, 3.63) is 22.7 Å². The number of aliphatic hydroxyl groups is 2. The van der Waals surface area contributed by atoms with Gasteiger partial charge in [0.25, 0.3) is 0 Å². The van der Waals surface area contributed by atoms with Crippen LogP contribution in [0, 0.1) is 5.82 Å². The lowest BCUT2D eigenvalue weighted by molar-refractivity contribution is 0.0270. The number of rotatable bonds is 4. The van der Waals surface area contributed by atoms with Gasteiger partial charge in [0, 0.05) is 6.07 Å². The molecule has 0 amide bonds. The lowest BCUT2D eigenvalue weighted by Gasteiger charge is -2.18. The van der Waals surface area contributed by atoms with Crippen LogP contribution in [0.2, 0.25) is 5.15 Å². The van der Waals surface area contributed by atoms with Crippen LogP contribution >= 0.6 is 11.6 Å². The molecule has 0 aliphatic heterocycles. The highest BCUT2D eigenvalue weighted by Gasteiger charge is 2.19. The standard InChI is InChI=1S/C11H15ClFNO3/c1-6(15)8-4-7(13)9(10(12)14-8)17-5-11(2,3)16/h4,6,15-16H,5H2,1-3H3. The van der Waals surface area contributed by atoms with E-state index in [-0.39, 0.29) is 23.2 Å². The fraction of sp³-hybridized carbons (Fsp3) is 0.545. The van der Waals surface area contributed by atoms with Crippen molar-refractivity contribution in [2.45, 2.75) is 32.5 Å². The van der Waals surface area contributed by atoms with Crippen LogP contribution in [0.4, 0.5) is 4.39 Å². The molecular formula is C11H15ClFNO3. The van der Waals surface area contributed by atoms with E-state index in [2.05, 4.69) is 4.98 Å². The van der Waals surface area contributed by atoms with E-state index in [1.54, 1.807) is 0 Å². The molecule has 0 saturated heterocycles. The Hall–Kier alpha value is -0.910. The first-order chi connectivity index (χ1) is 7.70.